The van der Waals surface area contributed by atoms with E-state index in [-0.39, 0.29) is 16.7 Å². The first-order valence-electron chi connectivity index (χ1n) is 9.30. The van der Waals surface area contributed by atoms with Crippen LogP contribution in [-0.4, -0.2) is 60.4 Å². The molecule has 1 N–H and O–H groups in total. The molecule has 146 valence electrons. The summed E-state index contributed by atoms with van der Waals surface area (Å²) in [7, 11) is -3.38. The molecule has 8 heteroatoms. The second-order valence-electron chi connectivity index (χ2n) is 7.34. The van der Waals surface area contributed by atoms with E-state index in [0.717, 1.165) is 31.4 Å². The molecule has 0 bridgehead atoms. The molecule has 0 atom stereocenters. The van der Waals surface area contributed by atoms with Crippen molar-refractivity contribution in [1.82, 2.24) is 8.87 Å². The van der Waals surface area contributed by atoms with Crippen LogP contribution < -0.4 is 0 Å². The highest BCUT2D eigenvalue weighted by Gasteiger charge is 2.46. The van der Waals surface area contributed by atoms with Crippen LogP contribution in [0.1, 0.15) is 54.4 Å². The fourth-order valence-corrected chi connectivity index (χ4v) is 5.39. The van der Waals surface area contributed by atoms with Crippen LogP contribution in [0.2, 0.25) is 0 Å². The van der Waals surface area contributed by atoms with Gasteiger partial charge in [0, 0.05) is 36.4 Å². The van der Waals surface area contributed by atoms with E-state index >= 15 is 0 Å². The Morgan fingerprint density at radius 3 is 2.50 bits per heavy atom. The summed E-state index contributed by atoms with van der Waals surface area (Å²) in [6, 6.07) is 1.77. The minimum atomic E-state index is -3.38. The van der Waals surface area contributed by atoms with Crippen LogP contribution in [0.25, 0.3) is 0 Å². The maximum atomic E-state index is 12.7. The van der Waals surface area contributed by atoms with Gasteiger partial charge in [-0.1, -0.05) is 13.3 Å². The molecular formula is C18H28N2O5S. The van der Waals surface area contributed by atoms with Gasteiger partial charge in [0.25, 0.3) is 0 Å². The zero-order valence-electron chi connectivity index (χ0n) is 15.5. The Labute approximate surface area is 155 Å². The Hall–Kier alpha value is -1.38. The molecule has 0 unspecified atom stereocenters. The topological polar surface area (TPSA) is 88.8 Å². The number of aromatic nitrogens is 1. The molecule has 1 aromatic heterocycles. The summed E-state index contributed by atoms with van der Waals surface area (Å²) in [6.45, 7) is 5.82. The lowest BCUT2D eigenvalue weighted by atomic mass is 9.96. The fourth-order valence-electron chi connectivity index (χ4n) is 4.01. The predicted molar refractivity (Wildman–Crippen MR) is 98.1 cm³/mol. The van der Waals surface area contributed by atoms with E-state index in [1.54, 1.807) is 13.0 Å². The van der Waals surface area contributed by atoms with Crippen LogP contribution in [0.3, 0.4) is 0 Å². The van der Waals surface area contributed by atoms with Crippen LogP contribution >= 0.6 is 0 Å². The number of morpholine rings is 1. The second kappa shape index (κ2) is 7.32. The number of sulfonamides is 1. The van der Waals surface area contributed by atoms with Gasteiger partial charge in [0.1, 0.15) is 0 Å². The Bertz CT molecular complexity index is 774. The van der Waals surface area contributed by atoms with Gasteiger partial charge in [-0.2, -0.15) is 4.31 Å². The van der Waals surface area contributed by atoms with Crippen molar-refractivity contribution in [3.8, 4) is 0 Å². The molecular weight excluding hydrogens is 356 g/mol. The van der Waals surface area contributed by atoms with Gasteiger partial charge in [0.2, 0.25) is 10.0 Å². The average Bonchev–Trinajstić information content (AvgIpc) is 3.30. The first-order valence-corrected chi connectivity index (χ1v) is 10.9. The van der Waals surface area contributed by atoms with Gasteiger partial charge in [-0.3, -0.25) is 0 Å². The Morgan fingerprint density at radius 1 is 1.31 bits per heavy atom. The van der Waals surface area contributed by atoms with Crippen molar-refractivity contribution in [2.45, 2.75) is 51.5 Å². The lowest BCUT2D eigenvalue weighted by Gasteiger charge is -2.27. The highest BCUT2D eigenvalue weighted by Crippen LogP contribution is 2.52. The fraction of sp³-hybridized carbons (Fsp3) is 0.722. The number of hydrogen-bond donors (Lipinski definition) is 1. The third-order valence-corrected chi connectivity index (χ3v) is 7.51. The minimum absolute atomic E-state index is 0.0171. The van der Waals surface area contributed by atoms with Gasteiger partial charge in [-0.05, 0) is 32.3 Å². The highest BCUT2D eigenvalue weighted by molar-refractivity contribution is 7.89. The molecule has 7 nitrogen and oxygen atoms in total. The van der Waals surface area contributed by atoms with Crippen molar-refractivity contribution in [3.05, 3.63) is 23.0 Å². The van der Waals surface area contributed by atoms with Gasteiger partial charge in [-0.25, -0.2) is 13.2 Å². The summed E-state index contributed by atoms with van der Waals surface area (Å²) in [6.07, 6.45) is 4.11. The number of carbonyl (C=O) groups is 1. The highest BCUT2D eigenvalue weighted by atomic mass is 32.2. The summed E-state index contributed by atoms with van der Waals surface area (Å²) in [5.41, 5.74) is 1.94. The van der Waals surface area contributed by atoms with Crippen molar-refractivity contribution in [3.63, 3.8) is 0 Å². The Kier molecular flexibility index (Phi) is 5.46. The van der Waals surface area contributed by atoms with Gasteiger partial charge in [-0.15, -0.1) is 0 Å². The molecule has 0 spiro atoms. The molecule has 0 amide bonds. The molecule has 26 heavy (non-hydrogen) atoms. The number of nitrogens with zero attached hydrogens (tertiary/aromatic N) is 2. The molecule has 0 aromatic carbocycles. The van der Waals surface area contributed by atoms with Gasteiger partial charge in [0.15, 0.2) is 0 Å². The maximum absolute atomic E-state index is 12.7. The summed E-state index contributed by atoms with van der Waals surface area (Å²) in [5, 5.41) is 9.50. The van der Waals surface area contributed by atoms with Gasteiger partial charge in [0.05, 0.1) is 24.5 Å². The first kappa shape index (κ1) is 19.4. The lowest BCUT2D eigenvalue weighted by molar-refractivity contribution is 0.0696. The number of aromatic carboxylic acids is 1. The molecule has 2 fully saturated rings. The number of carboxylic acids is 1. The van der Waals surface area contributed by atoms with E-state index in [1.807, 2.05) is 4.57 Å². The van der Waals surface area contributed by atoms with E-state index in [2.05, 4.69) is 6.92 Å². The molecule has 2 aliphatic rings. The summed E-state index contributed by atoms with van der Waals surface area (Å²) >= 11 is 0. The Balaban J connectivity index is 1.85. The summed E-state index contributed by atoms with van der Waals surface area (Å²) in [4.78, 5) is 11.6. The van der Waals surface area contributed by atoms with Crippen LogP contribution in [0, 0.1) is 6.92 Å². The van der Waals surface area contributed by atoms with E-state index < -0.39 is 16.0 Å². The number of ether oxygens (including phenoxy) is 1. The largest absolute Gasteiger partial charge is 0.478 e. The molecule has 1 saturated heterocycles. The van der Waals surface area contributed by atoms with Crippen molar-refractivity contribution in [2.24, 2.45) is 0 Å². The number of hydrogen-bond acceptors (Lipinski definition) is 4. The second-order valence-corrected chi connectivity index (χ2v) is 9.43. The summed E-state index contributed by atoms with van der Waals surface area (Å²) < 4.78 is 33.9. The normalized spacial score (nSPS) is 20.2. The molecule has 1 saturated carbocycles. The average molecular weight is 384 g/mol. The molecule has 3 rings (SSSR count). The molecule has 1 aliphatic carbocycles. The monoisotopic (exact) mass is 384 g/mol. The van der Waals surface area contributed by atoms with Crippen LogP contribution in [0.4, 0.5) is 0 Å². The Morgan fingerprint density at radius 2 is 1.96 bits per heavy atom. The van der Waals surface area contributed by atoms with Crippen molar-refractivity contribution in [1.29, 1.82) is 0 Å². The van der Waals surface area contributed by atoms with Gasteiger partial charge < -0.3 is 14.4 Å². The van der Waals surface area contributed by atoms with Crippen molar-refractivity contribution >= 4 is 16.0 Å². The number of carboxylic acid groups (broad SMARTS) is 1. The smallest absolute Gasteiger partial charge is 0.337 e. The van der Waals surface area contributed by atoms with Crippen molar-refractivity contribution < 1.29 is 23.1 Å². The van der Waals surface area contributed by atoms with Gasteiger partial charge >= 0.3 is 5.97 Å². The SMILES string of the molecule is CCCC1(c2cc(C(=O)O)c(C)n2CCS(=O)(=O)N2CCOCC2)CC1. The maximum Gasteiger partial charge on any atom is 0.337 e. The van der Waals surface area contributed by atoms with E-state index in [9.17, 15) is 18.3 Å². The van der Waals surface area contributed by atoms with Crippen LogP contribution in [0.15, 0.2) is 6.07 Å². The minimum Gasteiger partial charge on any atom is -0.478 e. The standard InChI is InChI=1S/C18H28N2O5S/c1-3-4-18(5-6-18)16-13-15(17(21)22)14(2)20(16)9-12-26(23,24)19-7-10-25-11-8-19/h13H,3-12H2,1-2H3,(H,21,22). The van der Waals surface area contributed by atoms with Crippen LogP contribution in [-0.2, 0) is 26.7 Å². The molecule has 0 radical (unpaired) electrons. The van der Waals surface area contributed by atoms with Crippen molar-refractivity contribution in [2.75, 3.05) is 32.1 Å². The molecule has 1 aromatic rings. The quantitative estimate of drug-likeness (QED) is 0.740. The third-order valence-electron chi connectivity index (χ3n) is 5.66. The predicted octanol–water partition coefficient (Wildman–Crippen LogP) is 1.99. The first-order chi connectivity index (χ1) is 12.3. The van der Waals surface area contributed by atoms with E-state index in [4.69, 9.17) is 4.74 Å². The zero-order chi connectivity index (χ0) is 18.9. The van der Waals surface area contributed by atoms with E-state index in [1.165, 1.54) is 4.31 Å². The van der Waals surface area contributed by atoms with E-state index in [0.29, 0.717) is 38.5 Å². The lowest BCUT2D eigenvalue weighted by Crippen LogP contribution is -2.42. The number of rotatable bonds is 8. The summed E-state index contributed by atoms with van der Waals surface area (Å²) in [5.74, 6) is -0.970. The van der Waals surface area contributed by atoms with Crippen LogP contribution in [0.5, 0.6) is 0 Å². The zero-order valence-corrected chi connectivity index (χ0v) is 16.3. The third kappa shape index (κ3) is 3.68. The molecule has 1 aliphatic heterocycles. The molecule has 2 heterocycles.